The molecule has 0 spiro atoms. The van der Waals surface area contributed by atoms with Gasteiger partial charge in [0.05, 0.1) is 18.9 Å². The van der Waals surface area contributed by atoms with Gasteiger partial charge in [-0.2, -0.15) is 0 Å². The molecule has 7 nitrogen and oxygen atoms in total. The van der Waals surface area contributed by atoms with Crippen molar-refractivity contribution in [3.63, 3.8) is 0 Å². The molecule has 1 atom stereocenters. The number of rotatable bonds is 9. The molecule has 0 radical (unpaired) electrons. The van der Waals surface area contributed by atoms with Crippen molar-refractivity contribution in [1.29, 1.82) is 0 Å². The van der Waals surface area contributed by atoms with E-state index in [4.69, 9.17) is 9.47 Å². The second-order valence-electron chi connectivity index (χ2n) is 6.95. The normalized spacial score (nSPS) is 16.5. The number of aliphatic hydroxyl groups is 1. The van der Waals surface area contributed by atoms with Gasteiger partial charge in [0.15, 0.2) is 4.96 Å². The van der Waals surface area contributed by atoms with Crippen LogP contribution in [0.25, 0.3) is 4.96 Å². The van der Waals surface area contributed by atoms with Crippen LogP contribution in [0.4, 0.5) is 0 Å². The lowest BCUT2D eigenvalue weighted by Gasteiger charge is -2.28. The van der Waals surface area contributed by atoms with Crippen LogP contribution in [0.15, 0.2) is 42.0 Å². The molecule has 2 aromatic heterocycles. The number of ether oxygens (including phenoxy) is 2. The van der Waals surface area contributed by atoms with Gasteiger partial charge in [-0.05, 0) is 17.7 Å². The number of benzene rings is 1. The standard InChI is InChI=1S/C20H26N4O3S/c25-18(14-23-4-7-26-8-5-23)15-27-19-3-1-2-16(10-19)11-21-12-17-13-24-6-9-28-20(24)22-17/h1-3,6,9-10,13,18,21,25H,4-5,7-8,11-12,14-15H2. The largest absolute Gasteiger partial charge is 0.491 e. The van der Waals surface area contributed by atoms with Gasteiger partial charge < -0.3 is 19.9 Å². The van der Waals surface area contributed by atoms with Crippen LogP contribution >= 0.6 is 11.3 Å². The second-order valence-corrected chi connectivity index (χ2v) is 7.83. The average Bonchev–Trinajstić information content (AvgIpc) is 3.29. The summed E-state index contributed by atoms with van der Waals surface area (Å²) in [6.45, 7) is 5.57. The van der Waals surface area contributed by atoms with E-state index in [-0.39, 0.29) is 0 Å². The Bertz CT molecular complexity index is 847. The molecular weight excluding hydrogens is 376 g/mol. The van der Waals surface area contributed by atoms with Gasteiger partial charge in [-0.15, -0.1) is 11.3 Å². The molecule has 8 heteroatoms. The Morgan fingerprint density at radius 2 is 2.18 bits per heavy atom. The third-order valence-electron chi connectivity index (χ3n) is 4.69. The molecule has 0 saturated carbocycles. The lowest BCUT2D eigenvalue weighted by atomic mass is 10.2. The molecule has 1 aromatic carbocycles. The molecule has 1 unspecified atom stereocenters. The fourth-order valence-electron chi connectivity index (χ4n) is 3.27. The minimum absolute atomic E-state index is 0.291. The van der Waals surface area contributed by atoms with Crippen molar-refractivity contribution in [2.75, 3.05) is 39.5 Å². The highest BCUT2D eigenvalue weighted by Crippen LogP contribution is 2.15. The van der Waals surface area contributed by atoms with Gasteiger partial charge in [0.2, 0.25) is 0 Å². The van der Waals surface area contributed by atoms with Crippen LogP contribution in [0.3, 0.4) is 0 Å². The zero-order valence-electron chi connectivity index (χ0n) is 15.8. The van der Waals surface area contributed by atoms with Crippen LogP contribution in [0, 0.1) is 0 Å². The van der Waals surface area contributed by atoms with Crippen molar-refractivity contribution in [2.24, 2.45) is 0 Å². The quantitative estimate of drug-likeness (QED) is 0.568. The van der Waals surface area contributed by atoms with E-state index < -0.39 is 6.10 Å². The van der Waals surface area contributed by atoms with Crippen LogP contribution in [-0.4, -0.2) is 64.9 Å². The summed E-state index contributed by atoms with van der Waals surface area (Å²) in [5.74, 6) is 0.780. The third kappa shape index (κ3) is 5.30. The summed E-state index contributed by atoms with van der Waals surface area (Å²) in [5, 5.41) is 15.7. The van der Waals surface area contributed by atoms with E-state index in [1.165, 1.54) is 0 Å². The van der Waals surface area contributed by atoms with Crippen molar-refractivity contribution in [3.8, 4) is 5.75 Å². The molecular formula is C20H26N4O3S. The third-order valence-corrected chi connectivity index (χ3v) is 5.46. The zero-order valence-corrected chi connectivity index (χ0v) is 16.6. The SMILES string of the molecule is OC(COc1cccc(CNCc2cn3ccsc3n2)c1)CN1CCOCC1. The lowest BCUT2D eigenvalue weighted by molar-refractivity contribution is 0.00465. The highest BCUT2D eigenvalue weighted by Gasteiger charge is 2.15. The van der Waals surface area contributed by atoms with Crippen LogP contribution in [0.5, 0.6) is 5.75 Å². The summed E-state index contributed by atoms with van der Waals surface area (Å²) in [7, 11) is 0. The molecule has 1 aliphatic heterocycles. The van der Waals surface area contributed by atoms with Gasteiger partial charge in [0, 0.05) is 50.5 Å². The molecule has 4 rings (SSSR count). The summed E-state index contributed by atoms with van der Waals surface area (Å²) in [6, 6.07) is 7.98. The maximum atomic E-state index is 10.2. The Morgan fingerprint density at radius 3 is 3.04 bits per heavy atom. The second kappa shape index (κ2) is 9.49. The van der Waals surface area contributed by atoms with E-state index in [1.807, 2.05) is 40.4 Å². The highest BCUT2D eigenvalue weighted by molar-refractivity contribution is 7.15. The number of hydrogen-bond acceptors (Lipinski definition) is 7. The first kappa shape index (κ1) is 19.4. The number of nitrogens with one attached hydrogen (secondary N) is 1. The van der Waals surface area contributed by atoms with Gasteiger partial charge in [0.25, 0.3) is 0 Å². The fourth-order valence-corrected chi connectivity index (χ4v) is 3.99. The van der Waals surface area contributed by atoms with Gasteiger partial charge >= 0.3 is 0 Å². The minimum Gasteiger partial charge on any atom is -0.491 e. The number of thiazole rings is 1. The molecule has 28 heavy (non-hydrogen) atoms. The zero-order chi connectivity index (χ0) is 19.2. The van der Waals surface area contributed by atoms with Crippen LogP contribution in [0.2, 0.25) is 0 Å². The monoisotopic (exact) mass is 402 g/mol. The highest BCUT2D eigenvalue weighted by atomic mass is 32.1. The fraction of sp³-hybridized carbons (Fsp3) is 0.450. The summed E-state index contributed by atoms with van der Waals surface area (Å²) in [4.78, 5) is 7.80. The van der Waals surface area contributed by atoms with E-state index in [2.05, 4.69) is 21.3 Å². The molecule has 0 amide bonds. The smallest absolute Gasteiger partial charge is 0.193 e. The number of fused-ring (bicyclic) bond motifs is 1. The Hall–Kier alpha value is -1.97. The molecule has 150 valence electrons. The van der Waals surface area contributed by atoms with Crippen LogP contribution < -0.4 is 10.1 Å². The van der Waals surface area contributed by atoms with Crippen LogP contribution in [-0.2, 0) is 17.8 Å². The Balaban J connectivity index is 1.21. The molecule has 0 aliphatic carbocycles. The number of nitrogens with zero attached hydrogens (tertiary/aromatic N) is 3. The molecule has 1 saturated heterocycles. The van der Waals surface area contributed by atoms with Crippen molar-refractivity contribution < 1.29 is 14.6 Å². The Morgan fingerprint density at radius 1 is 1.29 bits per heavy atom. The lowest BCUT2D eigenvalue weighted by Crippen LogP contribution is -2.42. The van der Waals surface area contributed by atoms with E-state index in [9.17, 15) is 5.11 Å². The van der Waals surface area contributed by atoms with Crippen LogP contribution in [0.1, 0.15) is 11.3 Å². The Kier molecular flexibility index (Phi) is 6.56. The number of morpholine rings is 1. The van der Waals surface area contributed by atoms with Gasteiger partial charge in [0.1, 0.15) is 18.5 Å². The molecule has 2 N–H and O–H groups in total. The molecule has 0 bridgehead atoms. The van der Waals surface area contributed by atoms with E-state index in [0.29, 0.717) is 13.2 Å². The summed E-state index contributed by atoms with van der Waals surface area (Å²) < 4.78 is 13.2. The first-order chi connectivity index (χ1) is 13.8. The molecule has 3 aromatic rings. The first-order valence-electron chi connectivity index (χ1n) is 9.58. The summed E-state index contributed by atoms with van der Waals surface area (Å²) in [5.41, 5.74) is 2.17. The summed E-state index contributed by atoms with van der Waals surface area (Å²) in [6.07, 6.45) is 3.56. The minimum atomic E-state index is -0.505. The number of β-amino-alcohol motifs (C(OH)–C–C–N with tert-alkyl or cyclic N) is 1. The molecule has 1 fully saturated rings. The number of aromatic nitrogens is 2. The number of imidazole rings is 1. The van der Waals surface area contributed by atoms with Crippen molar-refractivity contribution in [3.05, 3.63) is 53.3 Å². The van der Waals surface area contributed by atoms with Gasteiger partial charge in [-0.25, -0.2) is 4.98 Å². The molecule has 3 heterocycles. The van der Waals surface area contributed by atoms with Gasteiger partial charge in [-0.3, -0.25) is 9.30 Å². The van der Waals surface area contributed by atoms with E-state index >= 15 is 0 Å². The van der Waals surface area contributed by atoms with Gasteiger partial charge in [-0.1, -0.05) is 12.1 Å². The van der Waals surface area contributed by atoms with Crippen molar-refractivity contribution in [1.82, 2.24) is 19.6 Å². The average molecular weight is 403 g/mol. The topological polar surface area (TPSA) is 71.3 Å². The predicted molar refractivity (Wildman–Crippen MR) is 109 cm³/mol. The first-order valence-corrected chi connectivity index (χ1v) is 10.5. The molecule has 1 aliphatic rings. The maximum Gasteiger partial charge on any atom is 0.193 e. The van der Waals surface area contributed by atoms with E-state index in [1.54, 1.807) is 11.3 Å². The number of aliphatic hydroxyl groups excluding tert-OH is 1. The Labute approximate surface area is 168 Å². The van der Waals surface area contributed by atoms with E-state index in [0.717, 1.165) is 61.4 Å². The summed E-state index contributed by atoms with van der Waals surface area (Å²) >= 11 is 1.64. The maximum absolute atomic E-state index is 10.2. The van der Waals surface area contributed by atoms with Crippen molar-refractivity contribution >= 4 is 16.3 Å². The van der Waals surface area contributed by atoms with Crippen molar-refractivity contribution in [2.45, 2.75) is 19.2 Å². The predicted octanol–water partition coefficient (Wildman–Crippen LogP) is 1.76. The number of hydrogen-bond donors (Lipinski definition) is 2.